The summed E-state index contributed by atoms with van der Waals surface area (Å²) in [5.74, 6) is -1.52. The van der Waals surface area contributed by atoms with Crippen LogP contribution in [0.1, 0.15) is 58.8 Å². The predicted octanol–water partition coefficient (Wildman–Crippen LogP) is 6.49. The van der Waals surface area contributed by atoms with Crippen molar-refractivity contribution in [2.24, 2.45) is 5.92 Å². The number of rotatable bonds is 8. The van der Waals surface area contributed by atoms with Gasteiger partial charge in [0.25, 0.3) is 0 Å². The molecule has 0 radical (unpaired) electrons. The van der Waals surface area contributed by atoms with Crippen LogP contribution in [0.15, 0.2) is 66.9 Å². The molecule has 6 rings (SSSR count). The molecule has 1 N–H and O–H groups in total. The zero-order valence-electron chi connectivity index (χ0n) is 23.4. The quantitative estimate of drug-likeness (QED) is 0.230. The second kappa shape index (κ2) is 11.7. The minimum atomic E-state index is -5.02. The maximum absolute atomic E-state index is 14.3. The number of aromatic carboxylic acids is 1. The van der Waals surface area contributed by atoms with Crippen LogP contribution >= 0.6 is 0 Å². The van der Waals surface area contributed by atoms with Crippen molar-refractivity contribution in [1.82, 2.24) is 19.7 Å². The Kier molecular flexibility index (Phi) is 7.83. The van der Waals surface area contributed by atoms with E-state index in [9.17, 15) is 32.3 Å². The van der Waals surface area contributed by atoms with E-state index in [1.165, 1.54) is 42.0 Å². The van der Waals surface area contributed by atoms with Gasteiger partial charge in [-0.3, -0.25) is 4.79 Å². The maximum Gasteiger partial charge on any atom is 0.434 e. The summed E-state index contributed by atoms with van der Waals surface area (Å²) in [6.45, 7) is 1.68. The molecule has 0 unspecified atom stereocenters. The summed E-state index contributed by atoms with van der Waals surface area (Å²) < 4.78 is 62.0. The highest BCUT2D eigenvalue weighted by atomic mass is 19.4. The van der Waals surface area contributed by atoms with E-state index >= 15 is 0 Å². The molecule has 2 aromatic carbocycles. The molecule has 0 spiro atoms. The first-order valence-corrected chi connectivity index (χ1v) is 14.2. The number of carbonyl (C=O) groups is 2. The van der Waals surface area contributed by atoms with Crippen LogP contribution in [0.4, 0.5) is 17.6 Å². The second-order valence-electron chi connectivity index (χ2n) is 11.0. The molecule has 0 bridgehead atoms. The van der Waals surface area contributed by atoms with Gasteiger partial charge in [-0.05, 0) is 73.1 Å². The van der Waals surface area contributed by atoms with Gasteiger partial charge in [0.1, 0.15) is 23.7 Å². The lowest BCUT2D eigenvalue weighted by Crippen LogP contribution is -2.38. The van der Waals surface area contributed by atoms with Crippen LogP contribution in [-0.2, 0) is 17.6 Å². The number of carboxylic acid groups (broad SMARTS) is 1. The number of hydrogen-bond donors (Lipinski definition) is 1. The summed E-state index contributed by atoms with van der Waals surface area (Å²) in [5.41, 5.74) is -0.126. The van der Waals surface area contributed by atoms with Crippen LogP contribution in [0.5, 0.6) is 5.75 Å². The SMILES string of the molecule is O=C(O)c1cnn(-c2cccc(-c3cc(F)ccc3OCc3ccc(C4CCN(C(=O)C5CC5)CC4)cc3)n2)c1C(F)(F)F. The third kappa shape index (κ3) is 6.15. The first-order chi connectivity index (χ1) is 21.1. The number of amides is 1. The van der Waals surface area contributed by atoms with Crippen molar-refractivity contribution in [3.05, 3.63) is 95.1 Å². The number of carboxylic acids is 1. The number of ether oxygens (including phenoxy) is 1. The van der Waals surface area contributed by atoms with Crippen molar-refractivity contribution < 1.29 is 37.0 Å². The summed E-state index contributed by atoms with van der Waals surface area (Å²) in [6.07, 6.45) is -0.556. The molecule has 228 valence electrons. The van der Waals surface area contributed by atoms with E-state index in [4.69, 9.17) is 4.74 Å². The topological polar surface area (TPSA) is 97.5 Å². The number of carbonyl (C=O) groups excluding carboxylic acids is 1. The van der Waals surface area contributed by atoms with Gasteiger partial charge in [0, 0.05) is 24.6 Å². The Hall–Kier alpha value is -4.74. The lowest BCUT2D eigenvalue weighted by molar-refractivity contribution is -0.143. The van der Waals surface area contributed by atoms with E-state index in [-0.39, 0.29) is 41.3 Å². The minimum Gasteiger partial charge on any atom is -0.488 e. The van der Waals surface area contributed by atoms with E-state index in [2.05, 4.69) is 10.1 Å². The number of halogens is 4. The molecule has 2 aliphatic rings. The largest absolute Gasteiger partial charge is 0.488 e. The normalized spacial score (nSPS) is 15.8. The van der Waals surface area contributed by atoms with Gasteiger partial charge in [-0.2, -0.15) is 18.3 Å². The van der Waals surface area contributed by atoms with E-state index in [0.29, 0.717) is 16.8 Å². The molecular formula is C32H28F4N4O4. The fourth-order valence-corrected chi connectivity index (χ4v) is 5.54. The molecule has 1 amide bonds. The van der Waals surface area contributed by atoms with Crippen molar-refractivity contribution >= 4 is 11.9 Å². The summed E-state index contributed by atoms with van der Waals surface area (Å²) in [6, 6.07) is 15.9. The summed E-state index contributed by atoms with van der Waals surface area (Å²) >= 11 is 0. The number of hydrogen-bond acceptors (Lipinski definition) is 5. The average Bonchev–Trinajstić information content (AvgIpc) is 3.76. The van der Waals surface area contributed by atoms with Gasteiger partial charge in [0.15, 0.2) is 11.5 Å². The fourth-order valence-electron chi connectivity index (χ4n) is 5.54. The van der Waals surface area contributed by atoms with Gasteiger partial charge in [-0.15, -0.1) is 0 Å². The first kappa shape index (κ1) is 29.3. The summed E-state index contributed by atoms with van der Waals surface area (Å²) in [5, 5.41) is 12.8. The molecule has 12 heteroatoms. The zero-order chi connectivity index (χ0) is 31.0. The van der Waals surface area contributed by atoms with Crippen LogP contribution in [0.2, 0.25) is 0 Å². The molecule has 1 saturated heterocycles. The number of benzene rings is 2. The molecule has 0 atom stereocenters. The Morgan fingerprint density at radius 1 is 0.977 bits per heavy atom. The lowest BCUT2D eigenvalue weighted by atomic mass is 9.89. The molecule has 1 saturated carbocycles. The molecule has 3 heterocycles. The molecule has 2 fully saturated rings. The van der Waals surface area contributed by atoms with Crippen molar-refractivity contribution in [2.45, 2.75) is 44.4 Å². The molecule has 4 aromatic rings. The van der Waals surface area contributed by atoms with E-state index in [0.717, 1.165) is 44.3 Å². The number of alkyl halides is 3. The molecule has 1 aliphatic heterocycles. The molecule has 2 aromatic heterocycles. The molecular weight excluding hydrogens is 580 g/mol. The van der Waals surface area contributed by atoms with E-state index in [1.54, 1.807) is 0 Å². The van der Waals surface area contributed by atoms with Crippen LogP contribution < -0.4 is 4.74 Å². The van der Waals surface area contributed by atoms with Gasteiger partial charge in [-0.1, -0.05) is 30.3 Å². The summed E-state index contributed by atoms with van der Waals surface area (Å²) in [7, 11) is 0. The Labute approximate surface area is 249 Å². The standard InChI is InChI=1S/C32H28F4N4O4/c33-23-10-11-27(44-18-19-4-6-20(7-5-19)21-12-14-39(15-13-21)30(41)22-8-9-22)24(16-23)26-2-1-3-28(38-26)40-29(32(34,35)36)25(17-37-40)31(42)43/h1-7,10-11,16-17,21-22H,8-9,12-15,18H2,(H,42,43). The number of pyridine rings is 1. The summed E-state index contributed by atoms with van der Waals surface area (Å²) in [4.78, 5) is 30.0. The van der Waals surface area contributed by atoms with Crippen LogP contribution in [0.3, 0.4) is 0 Å². The van der Waals surface area contributed by atoms with Crippen LogP contribution in [0.25, 0.3) is 17.1 Å². The maximum atomic E-state index is 14.3. The van der Waals surface area contributed by atoms with Crippen molar-refractivity contribution in [3.63, 3.8) is 0 Å². The second-order valence-corrected chi connectivity index (χ2v) is 11.0. The lowest BCUT2D eigenvalue weighted by Gasteiger charge is -2.32. The number of likely N-dealkylation sites (tertiary alicyclic amines) is 1. The molecule has 1 aliphatic carbocycles. The van der Waals surface area contributed by atoms with Crippen molar-refractivity contribution in [3.8, 4) is 22.8 Å². The van der Waals surface area contributed by atoms with Crippen LogP contribution in [0, 0.1) is 11.7 Å². The smallest absolute Gasteiger partial charge is 0.434 e. The highest BCUT2D eigenvalue weighted by molar-refractivity contribution is 5.89. The monoisotopic (exact) mass is 608 g/mol. The highest BCUT2D eigenvalue weighted by Gasteiger charge is 2.41. The average molecular weight is 609 g/mol. The van der Waals surface area contributed by atoms with Gasteiger partial charge < -0.3 is 14.7 Å². The van der Waals surface area contributed by atoms with E-state index < -0.39 is 29.2 Å². The highest BCUT2D eigenvalue weighted by Crippen LogP contribution is 2.36. The van der Waals surface area contributed by atoms with Gasteiger partial charge in [-0.25, -0.2) is 18.9 Å². The fraction of sp³-hybridized carbons (Fsp3) is 0.312. The third-order valence-corrected chi connectivity index (χ3v) is 8.02. The zero-order valence-corrected chi connectivity index (χ0v) is 23.4. The Balaban J connectivity index is 1.17. The van der Waals surface area contributed by atoms with Crippen molar-refractivity contribution in [2.75, 3.05) is 13.1 Å². The molecule has 44 heavy (non-hydrogen) atoms. The number of piperidine rings is 1. The molecule has 8 nitrogen and oxygen atoms in total. The minimum absolute atomic E-state index is 0.111. The van der Waals surface area contributed by atoms with Gasteiger partial charge in [0.05, 0.1) is 11.9 Å². The predicted molar refractivity (Wildman–Crippen MR) is 151 cm³/mol. The van der Waals surface area contributed by atoms with E-state index in [1.807, 2.05) is 29.2 Å². The Morgan fingerprint density at radius 3 is 2.36 bits per heavy atom. The van der Waals surface area contributed by atoms with Gasteiger partial charge in [0.2, 0.25) is 5.91 Å². The van der Waals surface area contributed by atoms with Crippen LogP contribution in [-0.4, -0.2) is 49.7 Å². The first-order valence-electron chi connectivity index (χ1n) is 14.2. The number of nitrogens with zero attached hydrogens (tertiary/aromatic N) is 4. The Morgan fingerprint density at radius 2 is 1.70 bits per heavy atom. The van der Waals surface area contributed by atoms with Crippen molar-refractivity contribution in [1.29, 1.82) is 0 Å². The Bertz CT molecular complexity index is 1690. The van der Waals surface area contributed by atoms with Gasteiger partial charge >= 0.3 is 12.1 Å². The third-order valence-electron chi connectivity index (χ3n) is 8.02. The number of aromatic nitrogens is 3.